The number of aromatic nitrogens is 2. The fourth-order valence-electron chi connectivity index (χ4n) is 3.04. The van der Waals surface area contributed by atoms with Crippen molar-refractivity contribution in [3.8, 4) is 11.1 Å². The Morgan fingerprint density at radius 2 is 1.72 bits per heavy atom. The third-order valence-electron chi connectivity index (χ3n) is 4.24. The Bertz CT molecular complexity index is 809. The average molecular weight is 345 g/mol. The van der Waals surface area contributed by atoms with Crippen LogP contribution in [0.2, 0.25) is 0 Å². The summed E-state index contributed by atoms with van der Waals surface area (Å²) in [6.07, 6.45) is -0.477. The quantitative estimate of drug-likeness (QED) is 0.711. The van der Waals surface area contributed by atoms with Gasteiger partial charge in [0.2, 0.25) is 0 Å². The van der Waals surface area contributed by atoms with E-state index in [2.05, 4.69) is 10.2 Å². The van der Waals surface area contributed by atoms with E-state index in [-0.39, 0.29) is 5.56 Å². The summed E-state index contributed by atoms with van der Waals surface area (Å²) in [6.45, 7) is 0.306. The standard InChI is InChI=1S/C19H18F3N3/c20-19(21,22)18-4-2-1-3-17(18)16(9-10-23)14-7-5-13(6-8-14)15-11-24-25-12-15/h1-8,11-12,16H,9-10,23H2,(H,24,25). The molecule has 1 unspecified atom stereocenters. The highest BCUT2D eigenvalue weighted by Crippen LogP contribution is 2.39. The zero-order chi connectivity index (χ0) is 17.9. The molecule has 3 nitrogen and oxygen atoms in total. The van der Waals surface area contributed by atoms with Crippen molar-refractivity contribution in [3.05, 3.63) is 77.6 Å². The summed E-state index contributed by atoms with van der Waals surface area (Å²) in [6, 6.07) is 13.2. The molecule has 1 heterocycles. The lowest BCUT2D eigenvalue weighted by molar-refractivity contribution is -0.138. The number of rotatable bonds is 5. The van der Waals surface area contributed by atoms with Crippen LogP contribution in [0.15, 0.2) is 60.9 Å². The van der Waals surface area contributed by atoms with Gasteiger partial charge in [0.05, 0.1) is 11.8 Å². The maximum Gasteiger partial charge on any atom is 0.416 e. The molecule has 0 amide bonds. The molecule has 6 heteroatoms. The van der Waals surface area contributed by atoms with E-state index < -0.39 is 17.7 Å². The number of hydrogen-bond donors (Lipinski definition) is 2. The summed E-state index contributed by atoms with van der Waals surface area (Å²) in [5.41, 5.74) is 8.03. The number of benzene rings is 2. The summed E-state index contributed by atoms with van der Waals surface area (Å²) in [4.78, 5) is 0. The van der Waals surface area contributed by atoms with Crippen molar-refractivity contribution in [1.29, 1.82) is 0 Å². The molecular weight excluding hydrogens is 327 g/mol. The Morgan fingerprint density at radius 1 is 1.00 bits per heavy atom. The smallest absolute Gasteiger partial charge is 0.330 e. The van der Waals surface area contributed by atoms with Gasteiger partial charge in [-0.2, -0.15) is 18.3 Å². The Labute approximate surface area is 143 Å². The van der Waals surface area contributed by atoms with Crippen LogP contribution in [0, 0.1) is 0 Å². The fraction of sp³-hybridized carbons (Fsp3) is 0.211. The van der Waals surface area contributed by atoms with Crippen molar-refractivity contribution < 1.29 is 13.2 Å². The molecular formula is C19H18F3N3. The van der Waals surface area contributed by atoms with E-state index in [1.165, 1.54) is 12.1 Å². The molecule has 1 atom stereocenters. The van der Waals surface area contributed by atoms with Gasteiger partial charge < -0.3 is 5.73 Å². The number of alkyl halides is 3. The predicted molar refractivity (Wildman–Crippen MR) is 91.0 cm³/mol. The van der Waals surface area contributed by atoms with E-state index >= 15 is 0 Å². The first-order valence-corrected chi connectivity index (χ1v) is 7.96. The minimum Gasteiger partial charge on any atom is -0.330 e. The molecule has 0 aliphatic rings. The molecule has 3 aromatic rings. The molecule has 0 saturated heterocycles. The van der Waals surface area contributed by atoms with E-state index in [0.29, 0.717) is 13.0 Å². The van der Waals surface area contributed by atoms with Gasteiger partial charge in [-0.3, -0.25) is 5.10 Å². The number of hydrogen-bond acceptors (Lipinski definition) is 2. The molecule has 25 heavy (non-hydrogen) atoms. The second-order valence-corrected chi connectivity index (χ2v) is 5.82. The molecule has 0 radical (unpaired) electrons. The topological polar surface area (TPSA) is 54.7 Å². The zero-order valence-corrected chi connectivity index (χ0v) is 13.4. The summed E-state index contributed by atoms with van der Waals surface area (Å²) < 4.78 is 40.1. The minimum atomic E-state index is -4.39. The summed E-state index contributed by atoms with van der Waals surface area (Å²) >= 11 is 0. The molecule has 0 bridgehead atoms. The van der Waals surface area contributed by atoms with Crippen molar-refractivity contribution in [1.82, 2.24) is 10.2 Å². The lowest BCUT2D eigenvalue weighted by Crippen LogP contribution is -2.15. The van der Waals surface area contributed by atoms with Gasteiger partial charge in [-0.05, 0) is 35.7 Å². The van der Waals surface area contributed by atoms with Crippen LogP contribution in [0.1, 0.15) is 29.0 Å². The van der Waals surface area contributed by atoms with Crippen molar-refractivity contribution in [3.63, 3.8) is 0 Å². The van der Waals surface area contributed by atoms with E-state index in [4.69, 9.17) is 5.73 Å². The SMILES string of the molecule is NCCC(c1ccc(-c2cn[nH]c2)cc1)c1ccccc1C(F)(F)F. The monoisotopic (exact) mass is 345 g/mol. The van der Waals surface area contributed by atoms with Gasteiger partial charge in [0, 0.05) is 17.7 Å². The molecule has 3 N–H and O–H groups in total. The van der Waals surface area contributed by atoms with Crippen LogP contribution in [0.5, 0.6) is 0 Å². The molecule has 3 rings (SSSR count). The normalized spacial score (nSPS) is 13.0. The van der Waals surface area contributed by atoms with Crippen molar-refractivity contribution >= 4 is 0 Å². The molecule has 1 aromatic heterocycles. The summed E-state index contributed by atoms with van der Waals surface area (Å²) in [7, 11) is 0. The van der Waals surface area contributed by atoms with Gasteiger partial charge in [0.25, 0.3) is 0 Å². The lowest BCUT2D eigenvalue weighted by atomic mass is 9.85. The first-order valence-electron chi connectivity index (χ1n) is 7.96. The number of nitrogens with one attached hydrogen (secondary N) is 1. The number of aromatic amines is 1. The van der Waals surface area contributed by atoms with Crippen LogP contribution in [-0.4, -0.2) is 16.7 Å². The first kappa shape index (κ1) is 17.2. The highest BCUT2D eigenvalue weighted by molar-refractivity contribution is 5.62. The Balaban J connectivity index is 2.00. The van der Waals surface area contributed by atoms with Crippen LogP contribution in [0.4, 0.5) is 13.2 Å². The maximum atomic E-state index is 13.4. The third kappa shape index (κ3) is 3.74. The lowest BCUT2D eigenvalue weighted by Gasteiger charge is -2.22. The molecule has 0 saturated carbocycles. The second-order valence-electron chi connectivity index (χ2n) is 5.82. The second kappa shape index (κ2) is 7.11. The summed E-state index contributed by atoms with van der Waals surface area (Å²) in [5, 5.41) is 6.65. The Morgan fingerprint density at radius 3 is 2.32 bits per heavy atom. The molecule has 2 aromatic carbocycles. The highest BCUT2D eigenvalue weighted by Gasteiger charge is 2.35. The van der Waals surface area contributed by atoms with Gasteiger partial charge in [0.15, 0.2) is 0 Å². The molecule has 0 fully saturated rings. The van der Waals surface area contributed by atoms with E-state index in [1.807, 2.05) is 24.3 Å². The largest absolute Gasteiger partial charge is 0.416 e. The Hall–Kier alpha value is -2.60. The van der Waals surface area contributed by atoms with Crippen molar-refractivity contribution in [2.24, 2.45) is 5.73 Å². The van der Waals surface area contributed by atoms with Gasteiger partial charge in [0.1, 0.15) is 0 Å². The molecule has 0 spiro atoms. The number of nitrogens with two attached hydrogens (primary N) is 1. The van der Waals surface area contributed by atoms with Crippen molar-refractivity contribution in [2.45, 2.75) is 18.5 Å². The maximum absolute atomic E-state index is 13.4. The zero-order valence-electron chi connectivity index (χ0n) is 13.4. The van der Waals surface area contributed by atoms with Crippen LogP contribution >= 0.6 is 0 Å². The van der Waals surface area contributed by atoms with Gasteiger partial charge in [-0.25, -0.2) is 0 Å². The molecule has 0 aliphatic carbocycles. The van der Waals surface area contributed by atoms with Gasteiger partial charge in [-0.15, -0.1) is 0 Å². The number of H-pyrrole nitrogens is 1. The van der Waals surface area contributed by atoms with E-state index in [0.717, 1.165) is 22.8 Å². The molecule has 130 valence electrons. The fourth-order valence-corrected chi connectivity index (χ4v) is 3.04. The first-order chi connectivity index (χ1) is 12.0. The van der Waals surface area contributed by atoms with Gasteiger partial charge in [-0.1, -0.05) is 42.5 Å². The summed E-state index contributed by atoms with van der Waals surface area (Å²) in [5.74, 6) is -0.402. The van der Waals surface area contributed by atoms with E-state index in [9.17, 15) is 13.2 Å². The van der Waals surface area contributed by atoms with Crippen LogP contribution in [-0.2, 0) is 6.18 Å². The van der Waals surface area contributed by atoms with Crippen LogP contribution in [0.3, 0.4) is 0 Å². The van der Waals surface area contributed by atoms with Crippen molar-refractivity contribution in [2.75, 3.05) is 6.54 Å². The van der Waals surface area contributed by atoms with Crippen LogP contribution < -0.4 is 5.73 Å². The molecule has 0 aliphatic heterocycles. The predicted octanol–water partition coefficient (Wildman–Crippen LogP) is 4.58. The average Bonchev–Trinajstić information content (AvgIpc) is 3.14. The van der Waals surface area contributed by atoms with E-state index in [1.54, 1.807) is 18.5 Å². The third-order valence-corrected chi connectivity index (χ3v) is 4.24. The van der Waals surface area contributed by atoms with Gasteiger partial charge >= 0.3 is 6.18 Å². The number of nitrogens with zero attached hydrogens (tertiary/aromatic N) is 1. The van der Waals surface area contributed by atoms with Crippen LogP contribution in [0.25, 0.3) is 11.1 Å². The minimum absolute atomic E-state index is 0.261. The highest BCUT2D eigenvalue weighted by atomic mass is 19.4. The Kier molecular flexibility index (Phi) is 4.90. The number of halogens is 3.